The van der Waals surface area contributed by atoms with E-state index in [1.807, 2.05) is 11.0 Å². The monoisotopic (exact) mass is 346 g/mol. The molecule has 25 heavy (non-hydrogen) atoms. The number of hydrogen-bond donors (Lipinski definition) is 1. The van der Waals surface area contributed by atoms with Gasteiger partial charge in [0.1, 0.15) is 0 Å². The zero-order valence-corrected chi connectivity index (χ0v) is 14.7. The molecule has 0 aromatic heterocycles. The van der Waals surface area contributed by atoms with E-state index in [-0.39, 0.29) is 18.6 Å². The predicted octanol–water partition coefficient (Wildman–Crippen LogP) is 1.42. The number of nitrogens with zero attached hydrogens (tertiary/aromatic N) is 2. The number of aliphatic carboxylic acids is 1. The van der Waals surface area contributed by atoms with Crippen LogP contribution in [-0.2, 0) is 22.4 Å². The summed E-state index contributed by atoms with van der Waals surface area (Å²) in [7, 11) is 1.75. The van der Waals surface area contributed by atoms with Gasteiger partial charge in [0.25, 0.3) is 5.91 Å². The number of morpholine rings is 1. The lowest BCUT2D eigenvalue weighted by Crippen LogP contribution is -2.49. The summed E-state index contributed by atoms with van der Waals surface area (Å²) in [6.45, 7) is 2.04. The molecule has 136 valence electrons. The van der Waals surface area contributed by atoms with E-state index in [0.717, 1.165) is 18.4 Å². The summed E-state index contributed by atoms with van der Waals surface area (Å²) in [4.78, 5) is 27.2. The van der Waals surface area contributed by atoms with E-state index >= 15 is 0 Å². The molecule has 1 aliphatic carbocycles. The van der Waals surface area contributed by atoms with Gasteiger partial charge >= 0.3 is 5.97 Å². The molecule has 1 aliphatic heterocycles. The number of hydrogen-bond acceptors (Lipinski definition) is 4. The van der Waals surface area contributed by atoms with Crippen LogP contribution in [0.3, 0.4) is 0 Å². The summed E-state index contributed by atoms with van der Waals surface area (Å²) in [5.41, 5.74) is 3.43. The van der Waals surface area contributed by atoms with Gasteiger partial charge in [-0.25, -0.2) is 0 Å². The van der Waals surface area contributed by atoms with Crippen molar-refractivity contribution in [3.05, 3.63) is 34.9 Å². The van der Waals surface area contributed by atoms with Crippen LogP contribution >= 0.6 is 0 Å². The average molecular weight is 346 g/mol. The average Bonchev–Trinajstić information content (AvgIpc) is 2.60. The summed E-state index contributed by atoms with van der Waals surface area (Å²) >= 11 is 0. The molecular formula is C19H26N2O4. The van der Waals surface area contributed by atoms with Crippen molar-refractivity contribution in [3.8, 4) is 0 Å². The van der Waals surface area contributed by atoms with Crippen LogP contribution in [0.5, 0.6) is 0 Å². The maximum absolute atomic E-state index is 12.9. The third-order valence-electron chi connectivity index (χ3n) is 4.94. The molecule has 0 saturated carbocycles. The third-order valence-corrected chi connectivity index (χ3v) is 4.94. The number of carbonyl (C=O) groups excluding carboxylic acids is 1. The van der Waals surface area contributed by atoms with Gasteiger partial charge in [-0.2, -0.15) is 0 Å². The molecule has 1 aromatic carbocycles. The zero-order valence-electron chi connectivity index (χ0n) is 14.7. The van der Waals surface area contributed by atoms with Crippen molar-refractivity contribution in [1.29, 1.82) is 0 Å². The van der Waals surface area contributed by atoms with Gasteiger partial charge < -0.3 is 14.7 Å². The second kappa shape index (κ2) is 7.97. The largest absolute Gasteiger partial charge is 0.480 e. The van der Waals surface area contributed by atoms with Crippen LogP contribution in [0, 0.1) is 0 Å². The second-order valence-corrected chi connectivity index (χ2v) is 7.03. The molecule has 0 bridgehead atoms. The highest BCUT2D eigenvalue weighted by Gasteiger charge is 2.26. The summed E-state index contributed by atoms with van der Waals surface area (Å²) < 4.78 is 5.71. The van der Waals surface area contributed by atoms with Crippen molar-refractivity contribution in [2.45, 2.75) is 31.8 Å². The van der Waals surface area contributed by atoms with Crippen LogP contribution in [0.1, 0.15) is 34.3 Å². The third kappa shape index (κ3) is 4.58. The molecule has 1 heterocycles. The van der Waals surface area contributed by atoms with Gasteiger partial charge in [0.15, 0.2) is 0 Å². The van der Waals surface area contributed by atoms with Crippen molar-refractivity contribution in [2.75, 3.05) is 39.8 Å². The number of fused-ring (bicyclic) bond motifs is 1. The number of aryl methyl sites for hydroxylation is 2. The molecule has 3 rings (SSSR count). The lowest BCUT2D eigenvalue weighted by molar-refractivity contribution is -0.138. The molecular weight excluding hydrogens is 320 g/mol. The molecule has 1 fully saturated rings. The van der Waals surface area contributed by atoms with Crippen LogP contribution in [-0.4, -0.2) is 72.7 Å². The molecule has 1 aromatic rings. The Kier molecular flexibility index (Phi) is 5.71. The lowest BCUT2D eigenvalue weighted by Gasteiger charge is -2.34. The summed E-state index contributed by atoms with van der Waals surface area (Å²) in [5.74, 6) is -0.817. The first-order chi connectivity index (χ1) is 12.0. The number of ether oxygens (including phenoxy) is 1. The molecule has 0 spiro atoms. The number of likely N-dealkylation sites (N-methyl/N-ethyl adjacent to an activating group) is 1. The Morgan fingerprint density at radius 3 is 2.80 bits per heavy atom. The van der Waals surface area contributed by atoms with Crippen LogP contribution in [0.2, 0.25) is 0 Å². The number of rotatable bonds is 5. The van der Waals surface area contributed by atoms with Crippen LogP contribution in [0.15, 0.2) is 18.2 Å². The Balaban J connectivity index is 1.62. The standard InChI is InChI=1S/C19H26N2O4/c1-20(13-18(22)23)11-17-12-21(8-9-25-17)19(24)16-7-6-14-4-2-3-5-15(14)10-16/h6-7,10,17H,2-5,8-9,11-13H2,1H3,(H,22,23). The highest BCUT2D eigenvalue weighted by Crippen LogP contribution is 2.23. The first kappa shape index (κ1) is 17.9. The van der Waals surface area contributed by atoms with Crippen LogP contribution < -0.4 is 0 Å². The maximum Gasteiger partial charge on any atom is 0.317 e. The van der Waals surface area contributed by atoms with E-state index in [4.69, 9.17) is 9.84 Å². The molecule has 6 nitrogen and oxygen atoms in total. The van der Waals surface area contributed by atoms with E-state index in [1.54, 1.807) is 11.9 Å². The number of amides is 1. The van der Waals surface area contributed by atoms with Gasteiger partial charge in [-0.15, -0.1) is 0 Å². The second-order valence-electron chi connectivity index (χ2n) is 7.03. The van der Waals surface area contributed by atoms with Crippen LogP contribution in [0.4, 0.5) is 0 Å². The minimum Gasteiger partial charge on any atom is -0.480 e. The number of carboxylic acid groups (broad SMARTS) is 1. The van der Waals surface area contributed by atoms with Crippen LogP contribution in [0.25, 0.3) is 0 Å². The SMILES string of the molecule is CN(CC(=O)O)CC1CN(C(=O)c2ccc3c(c2)CCCC3)CCO1. The normalized spacial score (nSPS) is 20.4. The van der Waals surface area contributed by atoms with Gasteiger partial charge in [0.2, 0.25) is 0 Å². The highest BCUT2D eigenvalue weighted by molar-refractivity contribution is 5.94. The molecule has 1 unspecified atom stereocenters. The Hall–Kier alpha value is -1.92. The molecule has 2 aliphatic rings. The number of carboxylic acids is 1. The Morgan fingerprint density at radius 2 is 2.04 bits per heavy atom. The summed E-state index contributed by atoms with van der Waals surface area (Å²) in [6, 6.07) is 6.09. The minimum atomic E-state index is -0.861. The molecule has 1 N–H and O–H groups in total. The zero-order chi connectivity index (χ0) is 17.8. The topological polar surface area (TPSA) is 70.1 Å². The molecule has 1 saturated heterocycles. The Morgan fingerprint density at radius 1 is 1.28 bits per heavy atom. The van der Waals surface area contributed by atoms with E-state index < -0.39 is 5.97 Å². The Labute approximate surface area is 148 Å². The summed E-state index contributed by atoms with van der Waals surface area (Å²) in [6.07, 6.45) is 4.44. The maximum atomic E-state index is 12.9. The quantitative estimate of drug-likeness (QED) is 0.873. The van der Waals surface area contributed by atoms with Gasteiger partial charge in [0, 0.05) is 25.2 Å². The molecule has 1 atom stereocenters. The number of benzene rings is 1. The fourth-order valence-corrected chi connectivity index (χ4v) is 3.71. The fourth-order valence-electron chi connectivity index (χ4n) is 3.71. The molecule has 1 amide bonds. The van der Waals surface area contributed by atoms with Crippen molar-refractivity contribution < 1.29 is 19.4 Å². The van der Waals surface area contributed by atoms with Gasteiger partial charge in [-0.1, -0.05) is 6.07 Å². The van der Waals surface area contributed by atoms with Crippen molar-refractivity contribution >= 4 is 11.9 Å². The molecule has 6 heteroatoms. The highest BCUT2D eigenvalue weighted by atomic mass is 16.5. The van der Waals surface area contributed by atoms with Gasteiger partial charge in [-0.3, -0.25) is 14.5 Å². The first-order valence-corrected chi connectivity index (χ1v) is 8.96. The van der Waals surface area contributed by atoms with E-state index in [9.17, 15) is 9.59 Å². The first-order valence-electron chi connectivity index (χ1n) is 8.96. The Bertz CT molecular complexity index is 646. The van der Waals surface area contributed by atoms with Crippen molar-refractivity contribution in [3.63, 3.8) is 0 Å². The van der Waals surface area contributed by atoms with Gasteiger partial charge in [0.05, 0.1) is 19.3 Å². The van der Waals surface area contributed by atoms with E-state index in [0.29, 0.717) is 26.2 Å². The van der Waals surface area contributed by atoms with E-state index in [1.165, 1.54) is 24.0 Å². The summed E-state index contributed by atoms with van der Waals surface area (Å²) in [5, 5.41) is 8.85. The molecule has 0 radical (unpaired) electrons. The van der Waals surface area contributed by atoms with Crippen molar-refractivity contribution in [1.82, 2.24) is 9.80 Å². The minimum absolute atomic E-state index is 0.0291. The van der Waals surface area contributed by atoms with E-state index in [2.05, 4.69) is 12.1 Å². The number of carbonyl (C=O) groups is 2. The smallest absolute Gasteiger partial charge is 0.317 e. The predicted molar refractivity (Wildman–Crippen MR) is 93.9 cm³/mol. The fraction of sp³-hybridized carbons (Fsp3) is 0.579. The van der Waals surface area contributed by atoms with Crippen molar-refractivity contribution in [2.24, 2.45) is 0 Å². The van der Waals surface area contributed by atoms with Gasteiger partial charge in [-0.05, 0) is 56.0 Å². The lowest BCUT2D eigenvalue weighted by atomic mass is 9.90.